The van der Waals surface area contributed by atoms with Crippen molar-refractivity contribution in [2.75, 3.05) is 12.8 Å². The minimum atomic E-state index is 0.152. The molecule has 0 saturated heterocycles. The number of hydrogen-bond donors (Lipinski definition) is 0. The molecule has 5 heteroatoms. The van der Waals surface area contributed by atoms with Crippen molar-refractivity contribution in [1.29, 1.82) is 0 Å². The number of thioether (sulfide) groups is 1. The molecule has 1 aromatic carbocycles. The fourth-order valence-corrected chi connectivity index (χ4v) is 3.29. The summed E-state index contributed by atoms with van der Waals surface area (Å²) in [6, 6.07) is 10.1. The molecule has 100 valence electrons. The molecule has 0 unspecified atom stereocenters. The van der Waals surface area contributed by atoms with Gasteiger partial charge in [0.15, 0.2) is 0 Å². The summed E-state index contributed by atoms with van der Waals surface area (Å²) in [5.74, 6) is 0.626. The smallest absolute Gasteiger partial charge is 0.232 e. The van der Waals surface area contributed by atoms with E-state index in [1.165, 1.54) is 5.56 Å². The Morgan fingerprint density at radius 1 is 1.32 bits per heavy atom. The molecular weight excluding hydrogens is 342 g/mol. The van der Waals surface area contributed by atoms with Gasteiger partial charge in [-0.1, -0.05) is 15.9 Å². The second kappa shape index (κ2) is 7.12. The molecule has 1 amide bonds. The molecule has 0 aliphatic rings. The fraction of sp³-hybridized carbons (Fsp3) is 0.214. The lowest BCUT2D eigenvalue weighted by molar-refractivity contribution is -0.127. The van der Waals surface area contributed by atoms with Gasteiger partial charge in [0.1, 0.15) is 0 Å². The topological polar surface area (TPSA) is 20.3 Å². The number of hydrogen-bond acceptors (Lipinski definition) is 3. The van der Waals surface area contributed by atoms with Gasteiger partial charge >= 0.3 is 0 Å². The zero-order valence-electron chi connectivity index (χ0n) is 10.5. The van der Waals surface area contributed by atoms with Gasteiger partial charge in [-0.15, -0.1) is 11.8 Å². The Morgan fingerprint density at radius 3 is 2.68 bits per heavy atom. The Bertz CT molecular complexity index is 525. The first-order valence-corrected chi connectivity index (χ1v) is 8.50. The van der Waals surface area contributed by atoms with Crippen LogP contribution in [0.1, 0.15) is 5.56 Å². The van der Waals surface area contributed by atoms with Gasteiger partial charge in [-0.05, 0) is 46.7 Å². The molecule has 0 radical (unpaired) electrons. The minimum Gasteiger partial charge on any atom is -0.341 e. The van der Waals surface area contributed by atoms with Gasteiger partial charge in [0.25, 0.3) is 0 Å². The van der Waals surface area contributed by atoms with Crippen molar-refractivity contribution >= 4 is 44.9 Å². The highest BCUT2D eigenvalue weighted by molar-refractivity contribution is 9.10. The van der Waals surface area contributed by atoms with Crippen LogP contribution in [-0.2, 0) is 11.3 Å². The third-order valence-corrected chi connectivity index (χ3v) is 4.86. The molecule has 1 aromatic heterocycles. The van der Waals surface area contributed by atoms with Crippen LogP contribution in [0.4, 0.5) is 0 Å². The maximum Gasteiger partial charge on any atom is 0.232 e. The molecule has 0 bridgehead atoms. The predicted molar refractivity (Wildman–Crippen MR) is 85.7 cm³/mol. The zero-order valence-corrected chi connectivity index (χ0v) is 13.7. The summed E-state index contributed by atoms with van der Waals surface area (Å²) in [5.41, 5.74) is 1.19. The lowest BCUT2D eigenvalue weighted by atomic mass is 10.3. The number of amides is 1. The van der Waals surface area contributed by atoms with Crippen molar-refractivity contribution in [3.8, 4) is 0 Å². The molecule has 2 rings (SSSR count). The van der Waals surface area contributed by atoms with Crippen molar-refractivity contribution in [1.82, 2.24) is 4.90 Å². The summed E-state index contributed by atoms with van der Waals surface area (Å²) in [7, 11) is 1.85. The van der Waals surface area contributed by atoms with Crippen LogP contribution in [-0.4, -0.2) is 23.6 Å². The van der Waals surface area contributed by atoms with Crippen molar-refractivity contribution in [2.24, 2.45) is 0 Å². The van der Waals surface area contributed by atoms with Crippen LogP contribution in [0.15, 0.2) is 50.5 Å². The summed E-state index contributed by atoms with van der Waals surface area (Å²) in [4.78, 5) is 14.9. The fourth-order valence-electron chi connectivity index (χ4n) is 1.53. The first kappa shape index (κ1) is 14.6. The summed E-state index contributed by atoms with van der Waals surface area (Å²) in [6.07, 6.45) is 0. The Hall–Kier alpha value is -0.780. The van der Waals surface area contributed by atoms with E-state index in [1.807, 2.05) is 36.7 Å². The van der Waals surface area contributed by atoms with Crippen molar-refractivity contribution in [3.63, 3.8) is 0 Å². The number of carbonyl (C=O) groups excluding carboxylic acids is 1. The van der Waals surface area contributed by atoms with Crippen LogP contribution >= 0.6 is 39.0 Å². The minimum absolute atomic E-state index is 0.152. The van der Waals surface area contributed by atoms with Gasteiger partial charge in [-0.3, -0.25) is 4.79 Å². The second-order valence-electron chi connectivity index (χ2n) is 4.12. The SMILES string of the molecule is CN(Cc1ccsc1)C(=O)CSc1ccc(Br)cc1. The third kappa shape index (κ3) is 4.67. The summed E-state index contributed by atoms with van der Waals surface area (Å²) in [6.45, 7) is 0.684. The lowest BCUT2D eigenvalue weighted by Crippen LogP contribution is -2.27. The maximum atomic E-state index is 12.0. The molecular formula is C14H14BrNOS2. The van der Waals surface area contributed by atoms with Gasteiger partial charge in [-0.2, -0.15) is 11.3 Å². The van der Waals surface area contributed by atoms with E-state index in [1.54, 1.807) is 28.0 Å². The van der Waals surface area contributed by atoms with Gasteiger partial charge in [0, 0.05) is 23.0 Å². The summed E-state index contributed by atoms with van der Waals surface area (Å²) in [5, 5.41) is 4.11. The Kier molecular flexibility index (Phi) is 5.48. The molecule has 2 aromatic rings. The molecule has 19 heavy (non-hydrogen) atoms. The molecule has 0 aliphatic carbocycles. The van der Waals surface area contributed by atoms with E-state index in [4.69, 9.17) is 0 Å². The van der Waals surface area contributed by atoms with Crippen LogP contribution in [0.2, 0.25) is 0 Å². The average Bonchev–Trinajstić information content (AvgIpc) is 2.90. The number of nitrogens with zero attached hydrogens (tertiary/aromatic N) is 1. The Morgan fingerprint density at radius 2 is 2.05 bits per heavy atom. The molecule has 0 atom stereocenters. The van der Waals surface area contributed by atoms with Crippen LogP contribution in [0.3, 0.4) is 0 Å². The van der Waals surface area contributed by atoms with E-state index in [9.17, 15) is 4.79 Å². The van der Waals surface area contributed by atoms with E-state index >= 15 is 0 Å². The predicted octanol–water partition coefficient (Wildman–Crippen LogP) is 4.26. The summed E-state index contributed by atoms with van der Waals surface area (Å²) < 4.78 is 1.05. The largest absolute Gasteiger partial charge is 0.341 e. The average molecular weight is 356 g/mol. The van der Waals surface area contributed by atoms with Gasteiger partial charge in [0.05, 0.1) is 5.75 Å². The summed E-state index contributed by atoms with van der Waals surface area (Å²) >= 11 is 6.62. The molecule has 0 spiro atoms. The van der Waals surface area contributed by atoms with Gasteiger partial charge in [0.2, 0.25) is 5.91 Å². The number of rotatable bonds is 5. The lowest BCUT2D eigenvalue weighted by Gasteiger charge is -2.16. The standard InChI is InChI=1S/C14H14BrNOS2/c1-16(8-11-6-7-18-9-11)14(17)10-19-13-4-2-12(15)3-5-13/h2-7,9H,8,10H2,1H3. The van der Waals surface area contributed by atoms with Crippen LogP contribution < -0.4 is 0 Å². The van der Waals surface area contributed by atoms with E-state index in [0.717, 1.165) is 9.37 Å². The van der Waals surface area contributed by atoms with Crippen LogP contribution in [0.5, 0.6) is 0 Å². The van der Waals surface area contributed by atoms with Crippen molar-refractivity contribution in [3.05, 3.63) is 51.1 Å². The Balaban J connectivity index is 1.82. The number of thiophene rings is 1. The quantitative estimate of drug-likeness (QED) is 0.746. The van der Waals surface area contributed by atoms with E-state index in [0.29, 0.717) is 12.3 Å². The molecule has 0 fully saturated rings. The first-order valence-electron chi connectivity index (χ1n) is 5.78. The van der Waals surface area contributed by atoms with Crippen LogP contribution in [0, 0.1) is 0 Å². The first-order chi connectivity index (χ1) is 9.15. The van der Waals surface area contributed by atoms with Crippen molar-refractivity contribution < 1.29 is 4.79 Å². The normalized spacial score (nSPS) is 10.4. The van der Waals surface area contributed by atoms with Gasteiger partial charge in [-0.25, -0.2) is 0 Å². The van der Waals surface area contributed by atoms with E-state index < -0.39 is 0 Å². The van der Waals surface area contributed by atoms with E-state index in [-0.39, 0.29) is 5.91 Å². The van der Waals surface area contributed by atoms with Gasteiger partial charge < -0.3 is 4.90 Å². The molecule has 0 saturated carbocycles. The molecule has 2 nitrogen and oxygen atoms in total. The van der Waals surface area contributed by atoms with Crippen molar-refractivity contribution in [2.45, 2.75) is 11.4 Å². The highest BCUT2D eigenvalue weighted by atomic mass is 79.9. The number of halogens is 1. The number of benzene rings is 1. The third-order valence-electron chi connectivity index (χ3n) is 2.60. The monoisotopic (exact) mass is 355 g/mol. The van der Waals surface area contributed by atoms with Crippen LogP contribution in [0.25, 0.3) is 0 Å². The number of carbonyl (C=O) groups is 1. The molecule has 0 aliphatic heterocycles. The highest BCUT2D eigenvalue weighted by Gasteiger charge is 2.10. The Labute approximate surface area is 130 Å². The molecule has 0 N–H and O–H groups in total. The molecule has 1 heterocycles. The second-order valence-corrected chi connectivity index (χ2v) is 6.87. The van der Waals surface area contributed by atoms with E-state index in [2.05, 4.69) is 27.4 Å². The zero-order chi connectivity index (χ0) is 13.7. The highest BCUT2D eigenvalue weighted by Crippen LogP contribution is 2.21. The maximum absolute atomic E-state index is 12.0.